The quantitative estimate of drug-likeness (QED) is 0.645. The molecule has 1 rings (SSSR count). The lowest BCUT2D eigenvalue weighted by atomic mass is 10.2. The number of halogens is 1. The van der Waals surface area contributed by atoms with Crippen molar-refractivity contribution < 1.29 is 14.2 Å². The van der Waals surface area contributed by atoms with Gasteiger partial charge in [0, 0.05) is 23.2 Å². The molecule has 0 saturated heterocycles. The third-order valence-electron chi connectivity index (χ3n) is 2.87. The number of rotatable bonds is 10. The highest BCUT2D eigenvalue weighted by Crippen LogP contribution is 2.34. The molecule has 1 N–H and O–H groups in total. The largest absolute Gasteiger partial charge is 0.493 e. The first-order valence-corrected chi connectivity index (χ1v) is 8.19. The first-order valence-electron chi connectivity index (χ1n) is 7.40. The summed E-state index contributed by atoms with van der Waals surface area (Å²) < 4.78 is 17.6. The lowest BCUT2D eigenvalue weighted by Crippen LogP contribution is -2.18. The van der Waals surface area contributed by atoms with Crippen LogP contribution in [0.4, 0.5) is 0 Å². The topological polar surface area (TPSA) is 39.7 Å². The highest BCUT2D eigenvalue weighted by molar-refractivity contribution is 9.10. The lowest BCUT2D eigenvalue weighted by molar-refractivity contribution is 0.0770. The van der Waals surface area contributed by atoms with Gasteiger partial charge in [-0.25, -0.2) is 0 Å². The van der Waals surface area contributed by atoms with E-state index in [1.54, 1.807) is 7.11 Å². The van der Waals surface area contributed by atoms with E-state index in [1.165, 1.54) is 0 Å². The zero-order chi connectivity index (χ0) is 15.7. The predicted molar refractivity (Wildman–Crippen MR) is 89.3 cm³/mol. The van der Waals surface area contributed by atoms with Crippen LogP contribution < -0.4 is 14.8 Å². The number of benzene rings is 1. The molecular formula is C16H26BrNO3. The fourth-order valence-electron chi connectivity index (χ4n) is 1.95. The average Bonchev–Trinajstić information content (AvgIpc) is 2.44. The van der Waals surface area contributed by atoms with Crippen LogP contribution in [-0.2, 0) is 11.3 Å². The number of ether oxygens (including phenoxy) is 3. The minimum Gasteiger partial charge on any atom is -0.493 e. The summed E-state index contributed by atoms with van der Waals surface area (Å²) >= 11 is 3.51. The second kappa shape index (κ2) is 10.0. The fourth-order valence-corrected chi connectivity index (χ4v) is 2.44. The van der Waals surface area contributed by atoms with Crippen LogP contribution in [-0.4, -0.2) is 33.0 Å². The molecule has 0 amide bonds. The molecule has 0 aliphatic rings. The van der Waals surface area contributed by atoms with Crippen LogP contribution in [0.5, 0.6) is 11.5 Å². The van der Waals surface area contributed by atoms with Gasteiger partial charge in [0.05, 0.1) is 19.8 Å². The van der Waals surface area contributed by atoms with Crippen LogP contribution >= 0.6 is 15.9 Å². The lowest BCUT2D eigenvalue weighted by Gasteiger charge is -2.15. The first kappa shape index (κ1) is 18.3. The predicted octanol–water partition coefficient (Wildman–Crippen LogP) is 3.76. The highest BCUT2D eigenvalue weighted by atomic mass is 79.9. The van der Waals surface area contributed by atoms with Crippen molar-refractivity contribution >= 4 is 15.9 Å². The molecule has 5 heteroatoms. The van der Waals surface area contributed by atoms with Gasteiger partial charge in [-0.05, 0) is 45.9 Å². The monoisotopic (exact) mass is 359 g/mol. The van der Waals surface area contributed by atoms with Crippen molar-refractivity contribution in [2.75, 3.05) is 26.9 Å². The second-order valence-electron chi connectivity index (χ2n) is 4.98. The maximum absolute atomic E-state index is 5.71. The Bertz CT molecular complexity index is 424. The van der Waals surface area contributed by atoms with Gasteiger partial charge < -0.3 is 19.5 Å². The van der Waals surface area contributed by atoms with Crippen molar-refractivity contribution in [1.29, 1.82) is 0 Å². The Hall–Kier alpha value is -0.780. The summed E-state index contributed by atoms with van der Waals surface area (Å²) in [7, 11) is 1.66. The van der Waals surface area contributed by atoms with Crippen LogP contribution in [0.1, 0.15) is 32.8 Å². The fraction of sp³-hybridized carbons (Fsp3) is 0.625. The first-order chi connectivity index (χ1) is 10.1. The third kappa shape index (κ3) is 6.68. The van der Waals surface area contributed by atoms with Gasteiger partial charge >= 0.3 is 0 Å². The molecule has 21 heavy (non-hydrogen) atoms. The van der Waals surface area contributed by atoms with E-state index < -0.39 is 0 Å². The van der Waals surface area contributed by atoms with Crippen molar-refractivity contribution in [2.24, 2.45) is 0 Å². The summed E-state index contributed by atoms with van der Waals surface area (Å²) in [6, 6.07) is 3.98. The van der Waals surface area contributed by atoms with Gasteiger partial charge in [-0.15, -0.1) is 0 Å². The van der Waals surface area contributed by atoms with Crippen molar-refractivity contribution in [3.8, 4) is 11.5 Å². The maximum atomic E-state index is 5.71. The van der Waals surface area contributed by atoms with E-state index in [0.717, 1.165) is 47.7 Å². The number of hydrogen-bond acceptors (Lipinski definition) is 4. The van der Waals surface area contributed by atoms with Gasteiger partial charge in [0.1, 0.15) is 0 Å². The van der Waals surface area contributed by atoms with Gasteiger partial charge in [-0.3, -0.25) is 0 Å². The molecule has 0 aliphatic heterocycles. The molecule has 0 radical (unpaired) electrons. The highest BCUT2D eigenvalue weighted by Gasteiger charge is 2.12. The summed E-state index contributed by atoms with van der Waals surface area (Å²) in [5.74, 6) is 1.57. The summed E-state index contributed by atoms with van der Waals surface area (Å²) in [5.41, 5.74) is 1.09. The molecule has 0 heterocycles. The van der Waals surface area contributed by atoms with E-state index in [0.29, 0.717) is 12.7 Å². The van der Waals surface area contributed by atoms with Crippen molar-refractivity contribution in [3.63, 3.8) is 0 Å². The van der Waals surface area contributed by atoms with Crippen LogP contribution in [0.3, 0.4) is 0 Å². The van der Waals surface area contributed by atoms with E-state index in [1.807, 2.05) is 13.0 Å². The normalized spacial score (nSPS) is 11.0. The number of hydrogen-bond donors (Lipinski definition) is 1. The van der Waals surface area contributed by atoms with Gasteiger partial charge in [-0.2, -0.15) is 0 Å². The molecule has 0 aromatic heterocycles. The average molecular weight is 360 g/mol. The summed E-state index contributed by atoms with van der Waals surface area (Å²) in [5, 5.41) is 3.42. The Morgan fingerprint density at radius 2 is 2.05 bits per heavy atom. The van der Waals surface area contributed by atoms with E-state index in [4.69, 9.17) is 14.2 Å². The minimum absolute atomic E-state index is 0.295. The van der Waals surface area contributed by atoms with E-state index in [-0.39, 0.29) is 0 Å². The SMILES string of the molecule is CCOc1c(CNCCCOC(C)C)cc(Br)cc1OC. The number of nitrogens with one attached hydrogen (secondary N) is 1. The molecule has 0 aliphatic carbocycles. The molecule has 0 atom stereocenters. The van der Waals surface area contributed by atoms with Gasteiger partial charge in [0.25, 0.3) is 0 Å². The maximum Gasteiger partial charge on any atom is 0.165 e. The van der Waals surface area contributed by atoms with Gasteiger partial charge in [0.2, 0.25) is 0 Å². The van der Waals surface area contributed by atoms with Gasteiger partial charge in [-0.1, -0.05) is 15.9 Å². The van der Waals surface area contributed by atoms with Crippen molar-refractivity contribution in [3.05, 3.63) is 22.2 Å². The molecule has 0 saturated carbocycles. The Balaban J connectivity index is 2.55. The van der Waals surface area contributed by atoms with Crippen molar-refractivity contribution in [1.82, 2.24) is 5.32 Å². The van der Waals surface area contributed by atoms with Gasteiger partial charge in [0.15, 0.2) is 11.5 Å². The van der Waals surface area contributed by atoms with Crippen LogP contribution in [0.15, 0.2) is 16.6 Å². The molecule has 1 aromatic carbocycles. The molecule has 0 fully saturated rings. The molecule has 4 nitrogen and oxygen atoms in total. The number of methoxy groups -OCH3 is 1. The Labute approximate surface area is 136 Å². The Morgan fingerprint density at radius 1 is 1.29 bits per heavy atom. The Morgan fingerprint density at radius 3 is 2.67 bits per heavy atom. The summed E-state index contributed by atoms with van der Waals surface area (Å²) in [6.45, 7) is 9.13. The molecule has 0 spiro atoms. The zero-order valence-electron chi connectivity index (χ0n) is 13.4. The summed E-state index contributed by atoms with van der Waals surface area (Å²) in [4.78, 5) is 0. The molecule has 0 unspecified atom stereocenters. The standard InChI is InChI=1S/C16H26BrNO3/c1-5-20-16-13(9-14(17)10-15(16)19-4)11-18-7-6-8-21-12(2)3/h9-10,12,18H,5-8,11H2,1-4H3. The zero-order valence-corrected chi connectivity index (χ0v) is 15.0. The summed E-state index contributed by atoms with van der Waals surface area (Å²) in [6.07, 6.45) is 1.29. The molecule has 0 bridgehead atoms. The van der Waals surface area contributed by atoms with Crippen LogP contribution in [0.2, 0.25) is 0 Å². The van der Waals surface area contributed by atoms with E-state index >= 15 is 0 Å². The molecular weight excluding hydrogens is 334 g/mol. The Kier molecular flexibility index (Phi) is 8.73. The smallest absolute Gasteiger partial charge is 0.165 e. The third-order valence-corrected chi connectivity index (χ3v) is 3.33. The minimum atomic E-state index is 0.295. The molecule has 1 aromatic rings. The molecule has 120 valence electrons. The van der Waals surface area contributed by atoms with Crippen LogP contribution in [0, 0.1) is 0 Å². The van der Waals surface area contributed by atoms with E-state index in [9.17, 15) is 0 Å². The second-order valence-corrected chi connectivity index (χ2v) is 5.89. The van der Waals surface area contributed by atoms with Crippen molar-refractivity contribution in [2.45, 2.75) is 39.8 Å². The van der Waals surface area contributed by atoms with Crippen LogP contribution in [0.25, 0.3) is 0 Å². The van der Waals surface area contributed by atoms with E-state index in [2.05, 4.69) is 41.2 Å².